The minimum atomic E-state index is -0.0663. The number of rotatable bonds is 9. The van der Waals surface area contributed by atoms with E-state index in [1.54, 1.807) is 24.0 Å². The number of unbranched alkanes of at least 4 members (excludes halogenated alkanes) is 1. The molecule has 0 radical (unpaired) electrons. The lowest BCUT2D eigenvalue weighted by molar-refractivity contribution is -0.138. The fourth-order valence-electron chi connectivity index (χ4n) is 1.55. The van der Waals surface area contributed by atoms with E-state index in [0.29, 0.717) is 13.2 Å². The number of amides is 2. The standard InChI is InChI=1S/C13H26N2O3/c1-5-6-8-14(3)13(17)11-15(12(2)16)9-7-10-18-4/h5-11H2,1-4H3. The van der Waals surface area contributed by atoms with Gasteiger partial charge in [-0.1, -0.05) is 13.3 Å². The monoisotopic (exact) mass is 258 g/mol. The molecular weight excluding hydrogens is 232 g/mol. The van der Waals surface area contributed by atoms with Crippen LogP contribution in [0.5, 0.6) is 0 Å². The Hall–Kier alpha value is -1.10. The molecule has 0 aromatic rings. The van der Waals surface area contributed by atoms with E-state index in [-0.39, 0.29) is 18.4 Å². The molecule has 0 aliphatic heterocycles. The van der Waals surface area contributed by atoms with Crippen molar-refractivity contribution in [2.24, 2.45) is 0 Å². The van der Waals surface area contributed by atoms with Crippen molar-refractivity contribution in [2.75, 3.05) is 40.4 Å². The van der Waals surface area contributed by atoms with Gasteiger partial charge in [0.1, 0.15) is 0 Å². The van der Waals surface area contributed by atoms with Gasteiger partial charge in [-0.05, 0) is 12.8 Å². The fourth-order valence-corrected chi connectivity index (χ4v) is 1.55. The Morgan fingerprint density at radius 1 is 1.17 bits per heavy atom. The summed E-state index contributed by atoms with van der Waals surface area (Å²) >= 11 is 0. The van der Waals surface area contributed by atoms with Gasteiger partial charge in [0.2, 0.25) is 11.8 Å². The lowest BCUT2D eigenvalue weighted by Crippen LogP contribution is -2.41. The molecular formula is C13H26N2O3. The van der Waals surface area contributed by atoms with E-state index >= 15 is 0 Å². The van der Waals surface area contributed by atoms with Crippen LogP contribution in [-0.4, -0.2) is 62.0 Å². The average Bonchev–Trinajstić information content (AvgIpc) is 2.34. The van der Waals surface area contributed by atoms with Gasteiger partial charge in [0.25, 0.3) is 0 Å². The molecule has 18 heavy (non-hydrogen) atoms. The van der Waals surface area contributed by atoms with Gasteiger partial charge in [-0.25, -0.2) is 0 Å². The van der Waals surface area contributed by atoms with Gasteiger partial charge in [0.05, 0.1) is 6.54 Å². The zero-order valence-electron chi connectivity index (χ0n) is 12.1. The van der Waals surface area contributed by atoms with Crippen LogP contribution in [0.25, 0.3) is 0 Å². The number of carbonyl (C=O) groups excluding carboxylic acids is 2. The maximum Gasteiger partial charge on any atom is 0.241 e. The minimum Gasteiger partial charge on any atom is -0.385 e. The van der Waals surface area contributed by atoms with Gasteiger partial charge < -0.3 is 14.5 Å². The molecule has 0 saturated carbocycles. The lowest BCUT2D eigenvalue weighted by atomic mass is 10.3. The van der Waals surface area contributed by atoms with Crippen LogP contribution in [-0.2, 0) is 14.3 Å². The van der Waals surface area contributed by atoms with E-state index in [1.165, 1.54) is 6.92 Å². The highest BCUT2D eigenvalue weighted by Gasteiger charge is 2.15. The highest BCUT2D eigenvalue weighted by atomic mass is 16.5. The van der Waals surface area contributed by atoms with Crippen LogP contribution >= 0.6 is 0 Å². The molecule has 0 aliphatic rings. The highest BCUT2D eigenvalue weighted by molar-refractivity contribution is 5.83. The Kier molecular flexibility index (Phi) is 9.28. The molecule has 0 rings (SSSR count). The van der Waals surface area contributed by atoms with E-state index in [0.717, 1.165) is 25.8 Å². The van der Waals surface area contributed by atoms with Crippen molar-refractivity contribution in [2.45, 2.75) is 33.1 Å². The molecule has 0 aromatic heterocycles. The third-order valence-corrected chi connectivity index (χ3v) is 2.82. The number of methoxy groups -OCH3 is 1. The van der Waals surface area contributed by atoms with Crippen LogP contribution in [0.2, 0.25) is 0 Å². The number of ether oxygens (including phenoxy) is 1. The van der Waals surface area contributed by atoms with E-state index < -0.39 is 0 Å². The number of nitrogens with zero attached hydrogens (tertiary/aromatic N) is 2. The molecule has 0 aliphatic carbocycles. The zero-order valence-corrected chi connectivity index (χ0v) is 12.1. The smallest absolute Gasteiger partial charge is 0.241 e. The van der Waals surface area contributed by atoms with Gasteiger partial charge in [-0.15, -0.1) is 0 Å². The third-order valence-electron chi connectivity index (χ3n) is 2.82. The number of carbonyl (C=O) groups is 2. The van der Waals surface area contributed by atoms with Crippen LogP contribution in [0.4, 0.5) is 0 Å². The molecule has 5 heteroatoms. The molecule has 106 valence electrons. The normalized spacial score (nSPS) is 10.2. The molecule has 0 spiro atoms. The van der Waals surface area contributed by atoms with Crippen LogP contribution < -0.4 is 0 Å². The second kappa shape index (κ2) is 9.88. The first kappa shape index (κ1) is 16.9. The predicted octanol–water partition coefficient (Wildman–Crippen LogP) is 1.13. The summed E-state index contributed by atoms with van der Waals surface area (Å²) in [6.45, 7) is 5.66. The lowest BCUT2D eigenvalue weighted by Gasteiger charge is -2.24. The zero-order chi connectivity index (χ0) is 14.0. The SMILES string of the molecule is CCCCN(C)C(=O)CN(CCCOC)C(C)=O. The average molecular weight is 258 g/mol. The number of hydrogen-bond donors (Lipinski definition) is 0. The van der Waals surface area contributed by atoms with E-state index in [1.807, 2.05) is 0 Å². The Morgan fingerprint density at radius 3 is 2.33 bits per heavy atom. The first-order valence-corrected chi connectivity index (χ1v) is 6.51. The second-order valence-electron chi connectivity index (χ2n) is 4.46. The van der Waals surface area contributed by atoms with Crippen LogP contribution in [0, 0.1) is 0 Å². The quantitative estimate of drug-likeness (QED) is 0.583. The molecule has 5 nitrogen and oxygen atoms in total. The van der Waals surface area contributed by atoms with Crippen molar-refractivity contribution in [3.05, 3.63) is 0 Å². The van der Waals surface area contributed by atoms with Crippen molar-refractivity contribution in [1.82, 2.24) is 9.80 Å². The molecule has 0 bridgehead atoms. The third kappa shape index (κ3) is 7.27. The van der Waals surface area contributed by atoms with E-state index in [4.69, 9.17) is 4.74 Å². The molecule has 0 N–H and O–H groups in total. The summed E-state index contributed by atoms with van der Waals surface area (Å²) in [6, 6.07) is 0. The first-order valence-electron chi connectivity index (χ1n) is 6.51. The van der Waals surface area contributed by atoms with Gasteiger partial charge >= 0.3 is 0 Å². The van der Waals surface area contributed by atoms with Gasteiger partial charge in [0, 0.05) is 40.8 Å². The van der Waals surface area contributed by atoms with Gasteiger partial charge in [-0.3, -0.25) is 9.59 Å². The highest BCUT2D eigenvalue weighted by Crippen LogP contribution is 1.98. The van der Waals surface area contributed by atoms with Crippen molar-refractivity contribution >= 4 is 11.8 Å². The van der Waals surface area contributed by atoms with Crippen LogP contribution in [0.3, 0.4) is 0 Å². The van der Waals surface area contributed by atoms with Crippen LogP contribution in [0.15, 0.2) is 0 Å². The van der Waals surface area contributed by atoms with Crippen molar-refractivity contribution in [3.8, 4) is 0 Å². The topological polar surface area (TPSA) is 49.9 Å². The molecule has 0 heterocycles. The van der Waals surface area contributed by atoms with Crippen molar-refractivity contribution in [1.29, 1.82) is 0 Å². The minimum absolute atomic E-state index is 0.00364. The summed E-state index contributed by atoms with van der Waals surface area (Å²) in [5.74, 6) is -0.0700. The summed E-state index contributed by atoms with van der Waals surface area (Å²) in [7, 11) is 3.41. The summed E-state index contributed by atoms with van der Waals surface area (Å²) in [6.07, 6.45) is 2.80. The molecule has 0 atom stereocenters. The van der Waals surface area contributed by atoms with Crippen molar-refractivity contribution in [3.63, 3.8) is 0 Å². The summed E-state index contributed by atoms with van der Waals surface area (Å²) in [5.41, 5.74) is 0. The second-order valence-corrected chi connectivity index (χ2v) is 4.46. The Bertz CT molecular complexity index is 257. The summed E-state index contributed by atoms with van der Waals surface area (Å²) in [5, 5.41) is 0. The van der Waals surface area contributed by atoms with Crippen LogP contribution in [0.1, 0.15) is 33.1 Å². The number of likely N-dealkylation sites (N-methyl/N-ethyl adjacent to an activating group) is 1. The van der Waals surface area contributed by atoms with E-state index in [9.17, 15) is 9.59 Å². The van der Waals surface area contributed by atoms with Gasteiger partial charge in [0.15, 0.2) is 0 Å². The summed E-state index contributed by atoms with van der Waals surface area (Å²) < 4.78 is 4.94. The predicted molar refractivity (Wildman–Crippen MR) is 71.3 cm³/mol. The van der Waals surface area contributed by atoms with Crippen molar-refractivity contribution < 1.29 is 14.3 Å². The number of hydrogen-bond acceptors (Lipinski definition) is 3. The Balaban J connectivity index is 4.14. The van der Waals surface area contributed by atoms with Gasteiger partial charge in [-0.2, -0.15) is 0 Å². The van der Waals surface area contributed by atoms with E-state index in [2.05, 4.69) is 6.92 Å². The molecule has 2 amide bonds. The first-order chi connectivity index (χ1) is 8.52. The molecule has 0 aromatic carbocycles. The maximum absolute atomic E-state index is 11.9. The fraction of sp³-hybridized carbons (Fsp3) is 0.846. The summed E-state index contributed by atoms with van der Waals surface area (Å²) in [4.78, 5) is 26.6. The maximum atomic E-state index is 11.9. The molecule has 0 unspecified atom stereocenters. The molecule has 0 saturated heterocycles. The Labute approximate surface area is 110 Å². The largest absolute Gasteiger partial charge is 0.385 e. The Morgan fingerprint density at radius 2 is 1.83 bits per heavy atom. The molecule has 0 fully saturated rings.